The number of fused-ring (bicyclic) bond motifs is 1. The number of hydrogen-bond acceptors (Lipinski definition) is 0. The van der Waals surface area contributed by atoms with Crippen molar-refractivity contribution < 1.29 is 0 Å². The Hall–Kier alpha value is -1.56. The number of allylic oxidation sites excluding steroid dienone is 4. The smallest absolute Gasteiger partial charge is 0.0149 e. The minimum absolute atomic E-state index is 1.09. The summed E-state index contributed by atoms with van der Waals surface area (Å²) in [6.07, 6.45) is 6.10. The van der Waals surface area contributed by atoms with Gasteiger partial charge in [0.1, 0.15) is 0 Å². The van der Waals surface area contributed by atoms with Crippen LogP contribution in [0.1, 0.15) is 31.4 Å². The van der Waals surface area contributed by atoms with Crippen molar-refractivity contribution in [1.29, 1.82) is 0 Å². The molecule has 0 N–H and O–H groups in total. The first kappa shape index (κ1) is 12.5. The molecule has 0 aliphatic heterocycles. The van der Waals surface area contributed by atoms with Gasteiger partial charge in [-0.15, -0.1) is 0 Å². The highest BCUT2D eigenvalue weighted by atomic mass is 14.2. The summed E-state index contributed by atoms with van der Waals surface area (Å²) >= 11 is 0. The van der Waals surface area contributed by atoms with Crippen LogP contribution in [-0.2, 0) is 6.42 Å². The summed E-state index contributed by atoms with van der Waals surface area (Å²) in [7, 11) is 0. The fraction of sp³-hybridized carbons (Fsp3) is 0.250. The fourth-order valence-corrected chi connectivity index (χ4v) is 2.03. The summed E-state index contributed by atoms with van der Waals surface area (Å²) in [5.41, 5.74) is 5.32. The first-order valence-corrected chi connectivity index (χ1v) is 5.93. The van der Waals surface area contributed by atoms with Gasteiger partial charge >= 0.3 is 0 Å². The first-order chi connectivity index (χ1) is 7.86. The SMILES string of the molecule is C=CC1=C(C=C)c2ccccc2CC1.CC. The lowest BCUT2D eigenvalue weighted by molar-refractivity contribution is 0.944. The normalized spacial score (nSPS) is 13.4. The predicted molar refractivity (Wildman–Crippen MR) is 73.4 cm³/mol. The molecule has 1 aromatic rings. The van der Waals surface area contributed by atoms with Crippen LogP contribution in [0.3, 0.4) is 0 Å². The van der Waals surface area contributed by atoms with Gasteiger partial charge in [0.25, 0.3) is 0 Å². The molecule has 0 spiro atoms. The van der Waals surface area contributed by atoms with Gasteiger partial charge in [0.05, 0.1) is 0 Å². The lowest BCUT2D eigenvalue weighted by Crippen LogP contribution is -2.02. The van der Waals surface area contributed by atoms with Crippen molar-refractivity contribution in [3.63, 3.8) is 0 Å². The minimum atomic E-state index is 1.09. The molecule has 0 atom stereocenters. The average Bonchev–Trinajstić information content (AvgIpc) is 2.39. The second kappa shape index (κ2) is 6.12. The zero-order valence-corrected chi connectivity index (χ0v) is 10.3. The van der Waals surface area contributed by atoms with E-state index in [9.17, 15) is 0 Å². The molecule has 0 aromatic heterocycles. The molecule has 2 rings (SSSR count). The van der Waals surface area contributed by atoms with Gasteiger partial charge in [-0.25, -0.2) is 0 Å². The van der Waals surface area contributed by atoms with Gasteiger partial charge in [0.2, 0.25) is 0 Å². The Morgan fingerprint density at radius 1 is 1.00 bits per heavy atom. The molecule has 0 nitrogen and oxygen atoms in total. The molecular formula is C16H20. The standard InChI is InChI=1S/C14H14.C2H6/c1-3-11-9-10-12-7-5-6-8-14(12)13(11)4-2;1-2/h3-8H,1-2,9-10H2;1-2H3. The van der Waals surface area contributed by atoms with Gasteiger partial charge in [0, 0.05) is 0 Å². The van der Waals surface area contributed by atoms with E-state index in [2.05, 4.69) is 37.4 Å². The minimum Gasteiger partial charge on any atom is -0.0988 e. The lowest BCUT2D eigenvalue weighted by Gasteiger charge is -2.19. The Balaban J connectivity index is 0.000000606. The van der Waals surface area contributed by atoms with Gasteiger partial charge in [-0.05, 0) is 35.1 Å². The Morgan fingerprint density at radius 2 is 1.69 bits per heavy atom. The highest BCUT2D eigenvalue weighted by Crippen LogP contribution is 2.32. The predicted octanol–water partition coefficient (Wildman–Crippen LogP) is 4.78. The van der Waals surface area contributed by atoms with E-state index in [0.717, 1.165) is 12.8 Å². The first-order valence-electron chi connectivity index (χ1n) is 5.93. The number of hydrogen-bond donors (Lipinski definition) is 0. The third-order valence-electron chi connectivity index (χ3n) is 2.77. The lowest BCUT2D eigenvalue weighted by atomic mass is 9.86. The Labute approximate surface area is 99.0 Å². The number of aryl methyl sites for hydroxylation is 1. The van der Waals surface area contributed by atoms with Crippen molar-refractivity contribution in [3.05, 3.63) is 66.3 Å². The molecule has 1 aromatic carbocycles. The van der Waals surface area contributed by atoms with Gasteiger partial charge in [0.15, 0.2) is 0 Å². The van der Waals surface area contributed by atoms with Crippen LogP contribution >= 0.6 is 0 Å². The summed E-state index contributed by atoms with van der Waals surface area (Å²) < 4.78 is 0. The van der Waals surface area contributed by atoms with E-state index in [1.165, 1.54) is 22.3 Å². The molecule has 0 saturated heterocycles. The third kappa shape index (κ3) is 2.33. The molecule has 84 valence electrons. The quantitative estimate of drug-likeness (QED) is 0.661. The largest absolute Gasteiger partial charge is 0.0988 e. The molecule has 1 aliphatic rings. The summed E-state index contributed by atoms with van der Waals surface area (Å²) in [5, 5.41) is 0. The van der Waals surface area contributed by atoms with E-state index in [4.69, 9.17) is 0 Å². The van der Waals surface area contributed by atoms with Crippen LogP contribution in [0.2, 0.25) is 0 Å². The molecule has 0 fully saturated rings. The van der Waals surface area contributed by atoms with Crippen LogP contribution in [-0.4, -0.2) is 0 Å². The van der Waals surface area contributed by atoms with Crippen LogP contribution in [0.5, 0.6) is 0 Å². The van der Waals surface area contributed by atoms with E-state index in [-0.39, 0.29) is 0 Å². The second-order valence-electron chi connectivity index (χ2n) is 3.50. The number of rotatable bonds is 2. The topological polar surface area (TPSA) is 0 Å². The summed E-state index contributed by atoms with van der Waals surface area (Å²) in [5.74, 6) is 0. The van der Waals surface area contributed by atoms with Gasteiger partial charge in [-0.2, -0.15) is 0 Å². The summed E-state index contributed by atoms with van der Waals surface area (Å²) in [6, 6.07) is 8.53. The molecule has 0 unspecified atom stereocenters. The fourth-order valence-electron chi connectivity index (χ4n) is 2.03. The Bertz CT molecular complexity index is 408. The van der Waals surface area contributed by atoms with Crippen molar-refractivity contribution in [1.82, 2.24) is 0 Å². The average molecular weight is 212 g/mol. The molecule has 0 saturated carbocycles. The molecular weight excluding hydrogens is 192 g/mol. The molecule has 0 bridgehead atoms. The molecule has 16 heavy (non-hydrogen) atoms. The highest BCUT2D eigenvalue weighted by molar-refractivity contribution is 5.81. The molecule has 0 heteroatoms. The maximum atomic E-state index is 3.88. The van der Waals surface area contributed by atoms with Gasteiger partial charge < -0.3 is 0 Å². The van der Waals surface area contributed by atoms with Crippen LogP contribution in [0.25, 0.3) is 5.57 Å². The number of benzene rings is 1. The van der Waals surface area contributed by atoms with Crippen LogP contribution in [0.15, 0.2) is 55.1 Å². The molecule has 0 radical (unpaired) electrons. The van der Waals surface area contributed by atoms with Crippen LogP contribution in [0.4, 0.5) is 0 Å². The highest BCUT2D eigenvalue weighted by Gasteiger charge is 2.13. The molecule has 0 heterocycles. The van der Waals surface area contributed by atoms with Crippen LogP contribution < -0.4 is 0 Å². The zero-order valence-electron chi connectivity index (χ0n) is 10.3. The van der Waals surface area contributed by atoms with Crippen molar-refractivity contribution in [2.45, 2.75) is 26.7 Å². The van der Waals surface area contributed by atoms with Crippen LogP contribution in [0, 0.1) is 0 Å². The zero-order chi connectivity index (χ0) is 12.0. The van der Waals surface area contributed by atoms with Gasteiger partial charge in [-0.3, -0.25) is 0 Å². The van der Waals surface area contributed by atoms with Crippen molar-refractivity contribution in [2.24, 2.45) is 0 Å². The van der Waals surface area contributed by atoms with Crippen molar-refractivity contribution in [2.75, 3.05) is 0 Å². The third-order valence-corrected chi connectivity index (χ3v) is 2.77. The Kier molecular flexibility index (Phi) is 4.78. The van der Waals surface area contributed by atoms with Crippen molar-refractivity contribution >= 4 is 5.57 Å². The van der Waals surface area contributed by atoms with E-state index in [1.54, 1.807) is 0 Å². The molecule has 0 amide bonds. The van der Waals surface area contributed by atoms with Crippen molar-refractivity contribution in [3.8, 4) is 0 Å². The molecule has 1 aliphatic carbocycles. The maximum absolute atomic E-state index is 3.88. The van der Waals surface area contributed by atoms with E-state index >= 15 is 0 Å². The second-order valence-corrected chi connectivity index (χ2v) is 3.50. The monoisotopic (exact) mass is 212 g/mol. The Morgan fingerprint density at radius 3 is 2.31 bits per heavy atom. The maximum Gasteiger partial charge on any atom is -0.0149 e. The van der Waals surface area contributed by atoms with E-state index in [0.29, 0.717) is 0 Å². The summed E-state index contributed by atoms with van der Waals surface area (Å²) in [4.78, 5) is 0. The van der Waals surface area contributed by atoms with Gasteiger partial charge in [-0.1, -0.05) is 63.4 Å². The van der Waals surface area contributed by atoms with E-state index < -0.39 is 0 Å². The summed E-state index contributed by atoms with van der Waals surface area (Å²) in [6.45, 7) is 11.7. The van der Waals surface area contributed by atoms with E-state index in [1.807, 2.05) is 26.0 Å².